The van der Waals surface area contributed by atoms with E-state index in [0.717, 1.165) is 10.6 Å². The molecule has 0 amide bonds. The molecule has 0 fully saturated rings. The fraction of sp³-hybridized carbons (Fsp3) is 0.0714. The number of nitrogens with zero attached hydrogens (tertiary/aromatic N) is 1. The van der Waals surface area contributed by atoms with Crippen molar-refractivity contribution >= 4 is 29.2 Å². The van der Waals surface area contributed by atoms with Crippen molar-refractivity contribution < 1.29 is 5.21 Å². The monoisotopic (exact) mass is 292 g/mol. The maximum Gasteiger partial charge on any atom is 0.171 e. The van der Waals surface area contributed by atoms with Crippen LogP contribution in [0.3, 0.4) is 0 Å². The van der Waals surface area contributed by atoms with Gasteiger partial charge in [-0.05, 0) is 23.8 Å². The number of hydrogen-bond donors (Lipinski definition) is 2. The lowest BCUT2D eigenvalue weighted by Gasteiger charge is -2.06. The van der Waals surface area contributed by atoms with Crippen molar-refractivity contribution in [2.24, 2.45) is 10.9 Å². The van der Waals surface area contributed by atoms with Crippen LogP contribution in [0.2, 0.25) is 5.02 Å². The van der Waals surface area contributed by atoms with E-state index in [1.54, 1.807) is 17.8 Å². The molecule has 2 aromatic carbocycles. The second-order valence-corrected chi connectivity index (χ2v) is 5.36. The van der Waals surface area contributed by atoms with Crippen molar-refractivity contribution in [3.8, 4) is 0 Å². The number of hydrogen-bond acceptors (Lipinski definition) is 3. The zero-order chi connectivity index (χ0) is 13.7. The third kappa shape index (κ3) is 3.66. The molecule has 0 aliphatic rings. The minimum absolute atomic E-state index is 0.0182. The van der Waals surface area contributed by atoms with E-state index in [4.69, 9.17) is 22.5 Å². The molecule has 0 bridgehead atoms. The molecule has 0 heterocycles. The highest BCUT2D eigenvalue weighted by atomic mass is 35.5. The Hall–Kier alpha value is -1.65. The van der Waals surface area contributed by atoms with Gasteiger partial charge in [-0.25, -0.2) is 0 Å². The lowest BCUT2D eigenvalue weighted by atomic mass is 10.2. The average Bonchev–Trinajstić information content (AvgIpc) is 2.45. The van der Waals surface area contributed by atoms with Crippen LogP contribution in [0.1, 0.15) is 11.1 Å². The second-order valence-electron chi connectivity index (χ2n) is 3.90. The minimum Gasteiger partial charge on any atom is -0.409 e. The van der Waals surface area contributed by atoms with Crippen LogP contribution in [-0.4, -0.2) is 11.0 Å². The molecule has 0 saturated heterocycles. The molecule has 0 aliphatic heterocycles. The quantitative estimate of drug-likeness (QED) is 0.297. The third-order valence-corrected chi connectivity index (χ3v) is 3.95. The fourth-order valence-corrected chi connectivity index (χ4v) is 2.82. The third-order valence-electron chi connectivity index (χ3n) is 2.57. The van der Waals surface area contributed by atoms with Crippen LogP contribution in [0.5, 0.6) is 0 Å². The maximum absolute atomic E-state index is 8.63. The summed E-state index contributed by atoms with van der Waals surface area (Å²) < 4.78 is 0. The van der Waals surface area contributed by atoms with Gasteiger partial charge < -0.3 is 10.9 Å². The van der Waals surface area contributed by atoms with Crippen LogP contribution >= 0.6 is 23.4 Å². The van der Waals surface area contributed by atoms with E-state index in [1.165, 1.54) is 5.56 Å². The lowest BCUT2D eigenvalue weighted by Crippen LogP contribution is -2.13. The lowest BCUT2D eigenvalue weighted by molar-refractivity contribution is 0.318. The fourth-order valence-electron chi connectivity index (χ4n) is 1.59. The number of rotatable bonds is 4. The molecule has 2 aromatic rings. The molecule has 2 rings (SSSR count). The summed E-state index contributed by atoms with van der Waals surface area (Å²) in [7, 11) is 0. The first-order valence-electron chi connectivity index (χ1n) is 5.65. The molecular formula is C14H13ClN2OS. The summed E-state index contributed by atoms with van der Waals surface area (Å²) in [6, 6.07) is 15.7. The predicted octanol–water partition coefficient (Wildman–Crippen LogP) is 3.73. The van der Waals surface area contributed by atoms with E-state index in [2.05, 4.69) is 17.3 Å². The molecule has 0 saturated carbocycles. The molecule has 0 aromatic heterocycles. The first-order chi connectivity index (χ1) is 9.20. The first kappa shape index (κ1) is 13.8. The summed E-state index contributed by atoms with van der Waals surface area (Å²) >= 11 is 7.79. The van der Waals surface area contributed by atoms with Gasteiger partial charge in [0.15, 0.2) is 5.84 Å². The van der Waals surface area contributed by atoms with Gasteiger partial charge in [0.05, 0.1) is 5.02 Å². The molecule has 19 heavy (non-hydrogen) atoms. The Bertz CT molecular complexity index is 587. The number of nitrogens with two attached hydrogens (primary N) is 1. The van der Waals surface area contributed by atoms with E-state index in [0.29, 0.717) is 10.6 Å². The number of benzene rings is 2. The Kier molecular flexibility index (Phi) is 4.71. The van der Waals surface area contributed by atoms with E-state index >= 15 is 0 Å². The Morgan fingerprint density at radius 3 is 2.58 bits per heavy atom. The van der Waals surface area contributed by atoms with Crippen molar-refractivity contribution in [3.63, 3.8) is 0 Å². The Balaban J connectivity index is 2.09. The van der Waals surface area contributed by atoms with Crippen LogP contribution in [0.4, 0.5) is 0 Å². The highest BCUT2D eigenvalue weighted by Gasteiger charge is 2.06. The van der Waals surface area contributed by atoms with Gasteiger partial charge in [-0.1, -0.05) is 47.1 Å². The average molecular weight is 293 g/mol. The summed E-state index contributed by atoms with van der Waals surface area (Å²) in [6.45, 7) is 0. The zero-order valence-electron chi connectivity index (χ0n) is 10.1. The second kappa shape index (κ2) is 6.50. The topological polar surface area (TPSA) is 58.6 Å². The molecule has 0 spiro atoms. The normalized spacial score (nSPS) is 11.5. The molecule has 0 atom stereocenters. The van der Waals surface area contributed by atoms with Crippen molar-refractivity contribution in [2.45, 2.75) is 10.6 Å². The Morgan fingerprint density at radius 1 is 1.21 bits per heavy atom. The van der Waals surface area contributed by atoms with Gasteiger partial charge in [0.1, 0.15) is 0 Å². The van der Waals surface area contributed by atoms with Crippen LogP contribution in [-0.2, 0) is 5.75 Å². The molecule has 0 unspecified atom stereocenters. The highest BCUT2D eigenvalue weighted by Crippen LogP contribution is 2.27. The van der Waals surface area contributed by atoms with Gasteiger partial charge in [-0.3, -0.25) is 0 Å². The smallest absolute Gasteiger partial charge is 0.171 e. The van der Waals surface area contributed by atoms with Gasteiger partial charge in [0, 0.05) is 16.2 Å². The summed E-state index contributed by atoms with van der Waals surface area (Å²) in [5.41, 5.74) is 7.31. The van der Waals surface area contributed by atoms with Gasteiger partial charge in [0.25, 0.3) is 0 Å². The van der Waals surface area contributed by atoms with Crippen LogP contribution in [0, 0.1) is 0 Å². The molecule has 3 nitrogen and oxygen atoms in total. The summed E-state index contributed by atoms with van der Waals surface area (Å²) in [6.07, 6.45) is 0. The molecular weight excluding hydrogens is 280 g/mol. The Labute approximate surface area is 121 Å². The van der Waals surface area contributed by atoms with Crippen molar-refractivity contribution in [1.82, 2.24) is 0 Å². The summed E-state index contributed by atoms with van der Waals surface area (Å²) in [5.74, 6) is 0.893. The van der Waals surface area contributed by atoms with Crippen molar-refractivity contribution in [1.29, 1.82) is 0 Å². The summed E-state index contributed by atoms with van der Waals surface area (Å²) in [4.78, 5) is 1.04. The SMILES string of the molecule is NC(=NO)c1ccc(SCc2ccccc2)cc1Cl. The first-order valence-corrected chi connectivity index (χ1v) is 7.01. The van der Waals surface area contributed by atoms with Gasteiger partial charge in [-0.2, -0.15) is 0 Å². The van der Waals surface area contributed by atoms with Gasteiger partial charge in [-0.15, -0.1) is 11.8 Å². The highest BCUT2D eigenvalue weighted by molar-refractivity contribution is 7.98. The summed E-state index contributed by atoms with van der Waals surface area (Å²) in [5, 5.41) is 12.1. The molecule has 0 aliphatic carbocycles. The molecule has 0 radical (unpaired) electrons. The minimum atomic E-state index is 0.0182. The molecule has 5 heteroatoms. The molecule has 3 N–H and O–H groups in total. The van der Waals surface area contributed by atoms with E-state index < -0.39 is 0 Å². The predicted molar refractivity (Wildman–Crippen MR) is 80.0 cm³/mol. The van der Waals surface area contributed by atoms with Crippen LogP contribution in [0.25, 0.3) is 0 Å². The Morgan fingerprint density at radius 2 is 1.95 bits per heavy atom. The number of halogens is 1. The van der Waals surface area contributed by atoms with Gasteiger partial charge in [0.2, 0.25) is 0 Å². The van der Waals surface area contributed by atoms with E-state index in [-0.39, 0.29) is 5.84 Å². The number of oxime groups is 1. The standard InChI is InChI=1S/C14H13ClN2OS/c15-13-8-11(6-7-12(13)14(16)17-18)19-9-10-4-2-1-3-5-10/h1-8,18H,9H2,(H2,16,17). The zero-order valence-corrected chi connectivity index (χ0v) is 11.7. The van der Waals surface area contributed by atoms with E-state index in [9.17, 15) is 0 Å². The van der Waals surface area contributed by atoms with Crippen LogP contribution in [0.15, 0.2) is 58.6 Å². The maximum atomic E-state index is 8.63. The van der Waals surface area contributed by atoms with E-state index in [1.807, 2.05) is 30.3 Å². The van der Waals surface area contributed by atoms with Crippen molar-refractivity contribution in [2.75, 3.05) is 0 Å². The largest absolute Gasteiger partial charge is 0.409 e. The number of amidine groups is 1. The van der Waals surface area contributed by atoms with Crippen molar-refractivity contribution in [3.05, 3.63) is 64.7 Å². The molecule has 98 valence electrons. The number of thioether (sulfide) groups is 1. The van der Waals surface area contributed by atoms with Crippen LogP contribution < -0.4 is 5.73 Å². The van der Waals surface area contributed by atoms with Gasteiger partial charge >= 0.3 is 0 Å².